The van der Waals surface area contributed by atoms with Crippen LogP contribution in [0.15, 0.2) is 0 Å². The predicted octanol–water partition coefficient (Wildman–Crippen LogP) is -1.00. The Morgan fingerprint density at radius 1 is 1.60 bits per heavy atom. The van der Waals surface area contributed by atoms with Crippen molar-refractivity contribution >= 4 is 9.90 Å². The Morgan fingerprint density at radius 2 is 1.80 bits per heavy atom. The molecule has 0 saturated carbocycles. The molecule has 1 atom stereocenters. The van der Waals surface area contributed by atoms with Crippen molar-refractivity contribution in [3.63, 3.8) is 0 Å². The molecule has 0 aromatic heterocycles. The zero-order valence-corrected chi connectivity index (χ0v) is 4.56. The van der Waals surface area contributed by atoms with Crippen molar-refractivity contribution in [2.45, 2.75) is 0 Å². The van der Waals surface area contributed by atoms with Crippen molar-refractivity contribution in [1.29, 1.82) is 0 Å². The van der Waals surface area contributed by atoms with Gasteiger partial charge in [0.1, 0.15) is 0 Å². The van der Waals surface area contributed by atoms with Crippen LogP contribution in [0.3, 0.4) is 0 Å². The van der Waals surface area contributed by atoms with Crippen LogP contribution in [0.1, 0.15) is 0 Å². The van der Waals surface area contributed by atoms with Gasteiger partial charge in [-0.25, -0.2) is 0 Å². The smallest absolute Gasteiger partial charge is 0.0553 e. The van der Waals surface area contributed by atoms with E-state index in [1.807, 2.05) is 0 Å². The molecule has 0 aliphatic carbocycles. The molecule has 1 unspecified atom stereocenters. The number of hydrogen-bond acceptors (Lipinski definition) is 2. The van der Waals surface area contributed by atoms with Crippen molar-refractivity contribution < 1.29 is 5.11 Å². The first-order valence-electron chi connectivity index (χ1n) is 1.22. The third-order valence-electron chi connectivity index (χ3n) is 0.129. The first-order chi connectivity index (χ1) is 1.91. The Bertz CT molecular complexity index is 11.6. The molecule has 5 heavy (non-hydrogen) atoms. The highest BCUT2D eigenvalue weighted by molar-refractivity contribution is 6.92. The lowest BCUT2D eigenvalue weighted by molar-refractivity contribution is 0.306. The van der Waals surface area contributed by atoms with Gasteiger partial charge in [0.25, 0.3) is 0 Å². The van der Waals surface area contributed by atoms with Gasteiger partial charge in [-0.3, -0.25) is 0 Å². The zero-order valence-electron chi connectivity index (χ0n) is 3.15. The lowest BCUT2D eigenvalue weighted by atomic mass is 10.8. The Labute approximate surface area is 35.0 Å². The summed E-state index contributed by atoms with van der Waals surface area (Å²) in [5.74, 6) is 0. The van der Waals surface area contributed by atoms with Crippen LogP contribution in [0.4, 0.5) is 0 Å². The summed E-state index contributed by atoms with van der Waals surface area (Å²) in [6, 6.07) is 0. The molecule has 3 heteroatoms. The predicted molar refractivity (Wildman–Crippen MR) is 27.2 cm³/mol. The summed E-state index contributed by atoms with van der Waals surface area (Å²) in [5.41, 5.74) is 4.78. The van der Waals surface area contributed by atoms with E-state index in [0.717, 1.165) is 0 Å². The second kappa shape index (κ2) is 8.84. The molecule has 0 bridgehead atoms. The maximum atomic E-state index is 7.75. The van der Waals surface area contributed by atoms with E-state index < -0.39 is 0 Å². The van der Waals surface area contributed by atoms with Crippen LogP contribution in [0, 0.1) is 0 Å². The molecular formula is C2H10NOP. The Morgan fingerprint density at radius 3 is 1.80 bits per heavy atom. The summed E-state index contributed by atoms with van der Waals surface area (Å²) < 4.78 is 0. The van der Waals surface area contributed by atoms with Crippen LogP contribution in [0.25, 0.3) is 0 Å². The van der Waals surface area contributed by atoms with Crippen molar-refractivity contribution in [3.8, 4) is 0 Å². The van der Waals surface area contributed by atoms with Crippen molar-refractivity contribution in [2.24, 2.45) is 5.73 Å². The largest absolute Gasteiger partial charge is 0.395 e. The van der Waals surface area contributed by atoms with Crippen LogP contribution in [0.5, 0.6) is 0 Å². The highest BCUT2D eigenvalue weighted by atomic mass is 31.0. The molecule has 0 radical (unpaired) electrons. The fourth-order valence-electron chi connectivity index (χ4n) is 0. The normalized spacial score (nSPS) is 6.00. The minimum Gasteiger partial charge on any atom is -0.395 e. The molecule has 0 rings (SSSR count). The summed E-state index contributed by atoms with van der Waals surface area (Å²) in [6.45, 7) is 0.472. The summed E-state index contributed by atoms with van der Waals surface area (Å²) in [6.07, 6.45) is 0. The Kier molecular flexibility index (Phi) is 15.9. The second-order valence-corrected chi connectivity index (χ2v) is 0.512. The molecule has 0 heterocycles. The fraction of sp³-hybridized carbons (Fsp3) is 1.00. The van der Waals surface area contributed by atoms with E-state index in [9.17, 15) is 0 Å². The minimum atomic E-state index is 0. The molecule has 2 nitrogen and oxygen atoms in total. The maximum absolute atomic E-state index is 7.75. The summed E-state index contributed by atoms with van der Waals surface area (Å²) in [7, 11) is 0. The van der Waals surface area contributed by atoms with Crippen LogP contribution >= 0.6 is 9.90 Å². The molecule has 34 valence electrons. The molecular weight excluding hydrogens is 85.0 g/mol. The molecule has 0 aliphatic heterocycles. The molecule has 0 aliphatic rings. The molecule has 0 aromatic rings. The average molecular weight is 95.1 g/mol. The monoisotopic (exact) mass is 95.1 g/mol. The molecule has 0 amide bonds. The van der Waals surface area contributed by atoms with Gasteiger partial charge in [-0.05, 0) is 0 Å². The number of aliphatic hydroxyl groups is 1. The topological polar surface area (TPSA) is 46.2 Å². The van der Waals surface area contributed by atoms with Crippen molar-refractivity contribution in [2.75, 3.05) is 13.2 Å². The van der Waals surface area contributed by atoms with E-state index in [1.54, 1.807) is 0 Å². The second-order valence-electron chi connectivity index (χ2n) is 0.512. The number of hydrogen-bond donors (Lipinski definition) is 2. The lowest BCUT2D eigenvalue weighted by Gasteiger charge is -1.71. The SMILES string of the molecule is NCCO.P. The summed E-state index contributed by atoms with van der Waals surface area (Å²) in [5, 5.41) is 7.75. The third-order valence-corrected chi connectivity index (χ3v) is 0.129. The quantitative estimate of drug-likeness (QED) is 0.410. The molecule has 0 spiro atoms. The van der Waals surface area contributed by atoms with Gasteiger partial charge in [0.2, 0.25) is 0 Å². The van der Waals surface area contributed by atoms with E-state index in [0.29, 0.717) is 6.54 Å². The van der Waals surface area contributed by atoms with E-state index in [4.69, 9.17) is 10.8 Å². The van der Waals surface area contributed by atoms with Gasteiger partial charge in [0, 0.05) is 6.54 Å². The summed E-state index contributed by atoms with van der Waals surface area (Å²) >= 11 is 0. The Balaban J connectivity index is 0. The van der Waals surface area contributed by atoms with Gasteiger partial charge in [0.05, 0.1) is 6.61 Å². The molecule has 3 N–H and O–H groups in total. The first kappa shape index (κ1) is 9.02. The molecule has 0 aromatic carbocycles. The van der Waals surface area contributed by atoms with Crippen LogP contribution < -0.4 is 5.73 Å². The highest BCUT2D eigenvalue weighted by Gasteiger charge is 1.56. The van der Waals surface area contributed by atoms with Gasteiger partial charge >= 0.3 is 0 Å². The van der Waals surface area contributed by atoms with Gasteiger partial charge < -0.3 is 10.8 Å². The van der Waals surface area contributed by atoms with E-state index in [1.165, 1.54) is 0 Å². The van der Waals surface area contributed by atoms with Crippen molar-refractivity contribution in [1.82, 2.24) is 0 Å². The maximum Gasteiger partial charge on any atom is 0.0553 e. The standard InChI is InChI=1S/C2H7NO.H3P/c3-1-2-4;/h4H,1-3H2;1H3. The first-order valence-corrected chi connectivity index (χ1v) is 1.22. The summed E-state index contributed by atoms with van der Waals surface area (Å²) in [4.78, 5) is 0. The van der Waals surface area contributed by atoms with Gasteiger partial charge in [0.15, 0.2) is 0 Å². The molecule has 0 saturated heterocycles. The Hall–Kier alpha value is 0.350. The number of aliphatic hydroxyl groups excluding tert-OH is 1. The third kappa shape index (κ3) is 13.2. The number of rotatable bonds is 1. The van der Waals surface area contributed by atoms with Gasteiger partial charge in [-0.1, -0.05) is 0 Å². The lowest BCUT2D eigenvalue weighted by Crippen LogP contribution is -2.02. The highest BCUT2D eigenvalue weighted by Crippen LogP contribution is 1.33. The minimum absolute atomic E-state index is 0. The average Bonchev–Trinajstić information content (AvgIpc) is 1.37. The van der Waals surface area contributed by atoms with E-state index >= 15 is 0 Å². The van der Waals surface area contributed by atoms with Crippen LogP contribution in [0.2, 0.25) is 0 Å². The fourth-order valence-corrected chi connectivity index (χ4v) is 0. The van der Waals surface area contributed by atoms with Gasteiger partial charge in [-0.15, -0.1) is 0 Å². The van der Waals surface area contributed by atoms with Crippen LogP contribution in [-0.2, 0) is 0 Å². The van der Waals surface area contributed by atoms with Crippen LogP contribution in [-0.4, -0.2) is 18.3 Å². The zero-order chi connectivity index (χ0) is 3.41. The van der Waals surface area contributed by atoms with E-state index in [2.05, 4.69) is 0 Å². The molecule has 0 fully saturated rings. The number of nitrogens with two attached hydrogens (primary N) is 1. The van der Waals surface area contributed by atoms with Crippen molar-refractivity contribution in [3.05, 3.63) is 0 Å². The van der Waals surface area contributed by atoms with Gasteiger partial charge in [-0.2, -0.15) is 9.90 Å². The van der Waals surface area contributed by atoms with E-state index in [-0.39, 0.29) is 16.5 Å².